The summed E-state index contributed by atoms with van der Waals surface area (Å²) in [4.78, 5) is 69.1. The van der Waals surface area contributed by atoms with Gasteiger partial charge in [0.05, 0.1) is 16.9 Å². The zero-order valence-electron chi connectivity index (χ0n) is 25.6. The van der Waals surface area contributed by atoms with Gasteiger partial charge in [-0.1, -0.05) is 41.5 Å². The highest BCUT2D eigenvalue weighted by atomic mass is 35.5. The Balaban J connectivity index is 1.16. The number of aliphatic carboxylic acids is 1. The molecule has 3 amide bonds. The normalized spacial score (nSPS) is 27.0. The quantitative estimate of drug-likeness (QED) is 0.175. The number of anilines is 1. The van der Waals surface area contributed by atoms with Crippen molar-refractivity contribution in [1.82, 2.24) is 9.88 Å². The van der Waals surface area contributed by atoms with Gasteiger partial charge in [0, 0.05) is 45.3 Å². The van der Waals surface area contributed by atoms with Gasteiger partial charge in [0.25, 0.3) is 5.91 Å². The number of carboxylic acid groups (broad SMARTS) is 1. The van der Waals surface area contributed by atoms with E-state index in [1.54, 1.807) is 23.9 Å². The van der Waals surface area contributed by atoms with Crippen LogP contribution in [0.15, 0.2) is 52.3 Å². The SMILES string of the molecule is Cc1cccc(NC(=O)COc2ccc(Cl)cc2[C@H]2c3sc(=O)[nH]c3SC3C4CC(C5C(=O)N(CCCCCC(=O)O)C(=O)C45)C32)c1. The van der Waals surface area contributed by atoms with Gasteiger partial charge in [0.2, 0.25) is 11.8 Å². The Morgan fingerprint density at radius 2 is 1.85 bits per heavy atom. The van der Waals surface area contributed by atoms with Gasteiger partial charge in [-0.15, -0.1) is 11.8 Å². The second-order valence-corrected chi connectivity index (χ2v) is 15.5. The maximum absolute atomic E-state index is 13.9. The van der Waals surface area contributed by atoms with Crippen molar-refractivity contribution in [3.8, 4) is 5.75 Å². The highest BCUT2D eigenvalue weighted by Crippen LogP contribution is 2.69. The van der Waals surface area contributed by atoms with E-state index in [4.69, 9.17) is 21.4 Å². The Labute approximate surface area is 284 Å². The second kappa shape index (κ2) is 12.8. The van der Waals surface area contributed by atoms with Crippen LogP contribution in [0.3, 0.4) is 0 Å². The molecule has 7 rings (SSSR count). The van der Waals surface area contributed by atoms with Gasteiger partial charge in [0.1, 0.15) is 5.75 Å². The summed E-state index contributed by atoms with van der Waals surface area (Å²) < 4.78 is 6.15. The largest absolute Gasteiger partial charge is 0.483 e. The van der Waals surface area contributed by atoms with Gasteiger partial charge >= 0.3 is 10.8 Å². The van der Waals surface area contributed by atoms with E-state index in [9.17, 15) is 24.0 Å². The van der Waals surface area contributed by atoms with E-state index in [0.717, 1.165) is 38.8 Å². The number of thioether (sulfide) groups is 1. The molecule has 2 bridgehead atoms. The standard InChI is InChI=1S/C34H34ClN3O7S2/c1-16-6-5-7-18(12-16)36-23(39)15-45-22-10-9-17(35)13-19(22)25-26-20-14-21(29(26)46-31-30(25)47-34(44)37-31)28-27(20)32(42)38(33(28)43)11-4-2-3-8-24(40)41/h5-7,9-10,12-13,20-21,25-29H,2-4,8,11,14-15H2,1H3,(H,36,39)(H,37,44)(H,40,41)/t20?,21?,25-,26?,27?,28?,29?/m1/s1. The van der Waals surface area contributed by atoms with E-state index >= 15 is 0 Å². The van der Waals surface area contributed by atoms with Gasteiger partial charge < -0.3 is 20.1 Å². The fraction of sp³-hybridized carbons (Fsp3) is 0.441. The first-order valence-electron chi connectivity index (χ1n) is 15.9. The van der Waals surface area contributed by atoms with Crippen LogP contribution in [0.1, 0.15) is 54.0 Å². The number of rotatable bonds is 11. The Bertz CT molecular complexity index is 1820. The molecule has 3 fully saturated rings. The Morgan fingerprint density at radius 3 is 2.62 bits per heavy atom. The molecule has 246 valence electrons. The number of benzene rings is 2. The summed E-state index contributed by atoms with van der Waals surface area (Å²) in [5, 5.41) is 13.0. The summed E-state index contributed by atoms with van der Waals surface area (Å²) in [5.74, 6) is -2.28. The highest BCUT2D eigenvalue weighted by Gasteiger charge is 2.69. The van der Waals surface area contributed by atoms with Crippen molar-refractivity contribution in [3.05, 3.63) is 73.2 Å². The van der Waals surface area contributed by atoms with Crippen LogP contribution in [0.2, 0.25) is 5.02 Å². The maximum atomic E-state index is 13.9. The van der Waals surface area contributed by atoms with E-state index in [0.29, 0.717) is 42.3 Å². The number of aromatic nitrogens is 1. The van der Waals surface area contributed by atoms with Gasteiger partial charge in [-0.05, 0) is 79.8 Å². The smallest absolute Gasteiger partial charge is 0.305 e. The topological polar surface area (TPSA) is 146 Å². The van der Waals surface area contributed by atoms with E-state index < -0.39 is 17.8 Å². The number of carbonyl (C=O) groups excluding carboxylic acids is 3. The second-order valence-electron chi connectivity index (χ2n) is 12.9. The molecule has 3 heterocycles. The molecule has 13 heteroatoms. The molecule has 7 atom stereocenters. The Kier molecular flexibility index (Phi) is 8.69. The summed E-state index contributed by atoms with van der Waals surface area (Å²) in [5.41, 5.74) is 2.44. The summed E-state index contributed by atoms with van der Waals surface area (Å²) in [6.07, 6.45) is 2.52. The van der Waals surface area contributed by atoms with Crippen molar-refractivity contribution >= 4 is 64.1 Å². The summed E-state index contributed by atoms with van der Waals surface area (Å²) >= 11 is 9.31. The van der Waals surface area contributed by atoms with E-state index in [2.05, 4.69) is 10.3 Å². The molecular formula is C34H34ClN3O7S2. The molecule has 0 spiro atoms. The molecule has 2 saturated carbocycles. The molecular weight excluding hydrogens is 662 g/mol. The fourth-order valence-electron chi connectivity index (χ4n) is 8.33. The van der Waals surface area contributed by atoms with Crippen molar-refractivity contribution in [1.29, 1.82) is 0 Å². The molecule has 2 aliphatic carbocycles. The number of hydrogen-bond acceptors (Lipinski definition) is 8. The number of thiazole rings is 1. The average molecular weight is 696 g/mol. The molecule has 10 nitrogen and oxygen atoms in total. The first kappa shape index (κ1) is 32.0. The average Bonchev–Trinajstić information content (AvgIpc) is 3.75. The van der Waals surface area contributed by atoms with Crippen molar-refractivity contribution in [3.63, 3.8) is 0 Å². The third kappa shape index (κ3) is 5.89. The number of nitrogens with zero attached hydrogens (tertiary/aromatic N) is 1. The van der Waals surface area contributed by atoms with Gasteiger partial charge in [-0.25, -0.2) is 0 Å². The van der Waals surface area contributed by atoms with Crippen LogP contribution in [-0.4, -0.2) is 57.1 Å². The summed E-state index contributed by atoms with van der Waals surface area (Å²) in [6, 6.07) is 12.8. The van der Waals surface area contributed by atoms with Crippen LogP contribution in [0, 0.1) is 36.5 Å². The van der Waals surface area contributed by atoms with Crippen LogP contribution >= 0.6 is 34.7 Å². The number of ether oxygens (including phenoxy) is 1. The Hall–Kier alpha value is -3.61. The molecule has 2 aromatic carbocycles. The lowest BCUT2D eigenvalue weighted by atomic mass is 9.68. The number of H-pyrrole nitrogens is 1. The number of carbonyl (C=O) groups is 4. The lowest BCUT2D eigenvalue weighted by Crippen LogP contribution is -2.42. The molecule has 1 saturated heterocycles. The molecule has 1 aromatic heterocycles. The van der Waals surface area contributed by atoms with Gasteiger partial charge in [-0.3, -0.25) is 28.9 Å². The number of nitrogens with one attached hydrogen (secondary N) is 2. The van der Waals surface area contributed by atoms with Crippen LogP contribution in [0.4, 0.5) is 5.69 Å². The minimum atomic E-state index is -0.854. The number of likely N-dealkylation sites (tertiary alicyclic amines) is 1. The van der Waals surface area contributed by atoms with Crippen molar-refractivity contribution in [2.75, 3.05) is 18.5 Å². The lowest BCUT2D eigenvalue weighted by molar-refractivity contribution is -0.141. The van der Waals surface area contributed by atoms with E-state index in [1.807, 2.05) is 37.3 Å². The maximum Gasteiger partial charge on any atom is 0.305 e. The number of fused-ring (bicyclic) bond motifs is 9. The van der Waals surface area contributed by atoms with Crippen molar-refractivity contribution in [2.45, 2.75) is 55.2 Å². The molecule has 47 heavy (non-hydrogen) atoms. The number of hydrogen-bond donors (Lipinski definition) is 3. The zero-order chi connectivity index (χ0) is 33.0. The number of unbranched alkanes of at least 4 members (excludes halogenated alkanes) is 2. The molecule has 2 aliphatic heterocycles. The van der Waals surface area contributed by atoms with Crippen LogP contribution < -0.4 is 14.9 Å². The minimum Gasteiger partial charge on any atom is -0.483 e. The lowest BCUT2D eigenvalue weighted by Gasteiger charge is -2.43. The molecule has 3 aromatic rings. The highest BCUT2D eigenvalue weighted by molar-refractivity contribution is 8.00. The number of aromatic amines is 1. The zero-order valence-corrected chi connectivity index (χ0v) is 28.0. The summed E-state index contributed by atoms with van der Waals surface area (Å²) in [6.45, 7) is 2.01. The van der Waals surface area contributed by atoms with Crippen LogP contribution in [-0.2, 0) is 19.2 Å². The first-order chi connectivity index (χ1) is 22.6. The van der Waals surface area contributed by atoms with Crippen molar-refractivity contribution in [2.24, 2.45) is 29.6 Å². The molecule has 0 radical (unpaired) electrons. The predicted molar refractivity (Wildman–Crippen MR) is 178 cm³/mol. The monoisotopic (exact) mass is 695 g/mol. The van der Waals surface area contributed by atoms with Gasteiger partial charge in [0.15, 0.2) is 6.61 Å². The molecule has 3 N–H and O–H groups in total. The van der Waals surface area contributed by atoms with Crippen LogP contribution in [0.5, 0.6) is 5.75 Å². The first-order valence-corrected chi connectivity index (χ1v) is 17.9. The van der Waals surface area contributed by atoms with Crippen molar-refractivity contribution < 1.29 is 29.0 Å². The van der Waals surface area contributed by atoms with E-state index in [-0.39, 0.29) is 64.5 Å². The third-order valence-corrected chi connectivity index (χ3v) is 12.9. The fourth-order valence-corrected chi connectivity index (χ4v) is 11.4. The number of aryl methyl sites for hydroxylation is 1. The third-order valence-electron chi connectivity index (χ3n) is 10.1. The van der Waals surface area contributed by atoms with Gasteiger partial charge in [-0.2, -0.15) is 0 Å². The number of halogens is 1. The predicted octanol–water partition coefficient (Wildman–Crippen LogP) is 5.53. The minimum absolute atomic E-state index is 0.00674. The number of carboxylic acids is 1. The molecule has 4 aliphatic rings. The molecule has 6 unspecified atom stereocenters. The number of amides is 3. The van der Waals surface area contributed by atoms with Crippen LogP contribution in [0.25, 0.3) is 0 Å². The van der Waals surface area contributed by atoms with E-state index in [1.165, 1.54) is 4.90 Å². The Morgan fingerprint density at radius 1 is 1.06 bits per heavy atom. The summed E-state index contributed by atoms with van der Waals surface area (Å²) in [7, 11) is 0. The number of imide groups is 1.